The summed E-state index contributed by atoms with van der Waals surface area (Å²) in [5.74, 6) is 0.00823. The Labute approximate surface area is 155 Å². The molecule has 0 atom stereocenters. The number of nitrogens with zero attached hydrogens (tertiary/aromatic N) is 2. The number of anilines is 1. The Hall–Kier alpha value is -1.90. The van der Waals surface area contributed by atoms with E-state index < -0.39 is 5.82 Å². The molecule has 2 heterocycles. The van der Waals surface area contributed by atoms with E-state index in [1.165, 1.54) is 45.9 Å². The van der Waals surface area contributed by atoms with Crippen molar-refractivity contribution in [3.63, 3.8) is 0 Å². The monoisotopic (exact) mass is 397 g/mol. The number of hydrogen-bond acceptors (Lipinski definition) is 5. The van der Waals surface area contributed by atoms with Crippen LogP contribution in [0.1, 0.15) is 5.82 Å². The Morgan fingerprint density at radius 2 is 2.20 bits per heavy atom. The maximum atomic E-state index is 13.1. The standard InChI is InChI=1S/C16H13ClFN3O2S2/c1-8-19-15-10(16(23)21(8)2)6-14(25-15)24-7-13(22)20-9-3-4-12(18)11(17)5-9/h3-6H,7H2,1-2H3,(H,20,22). The second-order valence-corrected chi connectivity index (χ2v) is 7.99. The molecule has 5 nitrogen and oxygen atoms in total. The third kappa shape index (κ3) is 3.86. The largest absolute Gasteiger partial charge is 0.325 e. The molecule has 0 saturated carbocycles. The summed E-state index contributed by atoms with van der Waals surface area (Å²) in [6.07, 6.45) is 0. The van der Waals surface area contributed by atoms with Crippen LogP contribution < -0.4 is 10.9 Å². The Morgan fingerprint density at radius 1 is 1.44 bits per heavy atom. The number of aryl methyl sites for hydroxylation is 1. The van der Waals surface area contributed by atoms with Crippen molar-refractivity contribution in [2.24, 2.45) is 7.05 Å². The van der Waals surface area contributed by atoms with Crippen LogP contribution in [0.3, 0.4) is 0 Å². The van der Waals surface area contributed by atoms with Crippen molar-refractivity contribution < 1.29 is 9.18 Å². The molecule has 0 fully saturated rings. The van der Waals surface area contributed by atoms with E-state index in [4.69, 9.17) is 11.6 Å². The SMILES string of the molecule is Cc1nc2sc(SCC(=O)Nc3ccc(F)c(Cl)c3)cc2c(=O)n1C. The summed E-state index contributed by atoms with van der Waals surface area (Å²) in [6, 6.07) is 5.75. The second-order valence-electron chi connectivity index (χ2n) is 5.27. The predicted molar refractivity (Wildman–Crippen MR) is 100 cm³/mol. The first-order valence-corrected chi connectivity index (χ1v) is 9.38. The average Bonchev–Trinajstić information content (AvgIpc) is 2.97. The number of carbonyl (C=O) groups excluding carboxylic acids is 1. The maximum absolute atomic E-state index is 13.1. The van der Waals surface area contributed by atoms with Gasteiger partial charge in [-0.3, -0.25) is 14.2 Å². The Morgan fingerprint density at radius 3 is 2.92 bits per heavy atom. The van der Waals surface area contributed by atoms with Crippen LogP contribution in [0.2, 0.25) is 5.02 Å². The fourth-order valence-corrected chi connectivity index (χ4v) is 4.30. The molecular weight excluding hydrogens is 385 g/mol. The zero-order valence-electron chi connectivity index (χ0n) is 13.3. The van der Waals surface area contributed by atoms with E-state index in [-0.39, 0.29) is 22.2 Å². The van der Waals surface area contributed by atoms with Crippen LogP contribution in [0.15, 0.2) is 33.3 Å². The molecule has 0 aliphatic carbocycles. The van der Waals surface area contributed by atoms with E-state index in [1.54, 1.807) is 20.0 Å². The summed E-state index contributed by atoms with van der Waals surface area (Å²) in [5, 5.41) is 3.15. The lowest BCUT2D eigenvalue weighted by Gasteiger charge is -2.05. The number of benzene rings is 1. The quantitative estimate of drug-likeness (QED) is 0.679. The number of aromatic nitrogens is 2. The smallest absolute Gasteiger partial charge is 0.262 e. The first-order chi connectivity index (χ1) is 11.8. The van der Waals surface area contributed by atoms with Gasteiger partial charge >= 0.3 is 0 Å². The lowest BCUT2D eigenvalue weighted by molar-refractivity contribution is -0.113. The summed E-state index contributed by atoms with van der Waals surface area (Å²) in [5.41, 5.74) is 0.329. The van der Waals surface area contributed by atoms with Crippen LogP contribution in [0.4, 0.5) is 10.1 Å². The number of fused-ring (bicyclic) bond motifs is 1. The molecule has 3 aromatic rings. The van der Waals surface area contributed by atoms with Gasteiger partial charge < -0.3 is 5.32 Å². The highest BCUT2D eigenvalue weighted by Gasteiger charge is 2.12. The third-order valence-electron chi connectivity index (χ3n) is 3.52. The minimum absolute atomic E-state index is 0.0488. The molecule has 0 saturated heterocycles. The molecule has 0 aliphatic rings. The highest BCUT2D eigenvalue weighted by molar-refractivity contribution is 8.01. The van der Waals surface area contributed by atoms with Crippen LogP contribution in [0.5, 0.6) is 0 Å². The maximum Gasteiger partial charge on any atom is 0.262 e. The number of rotatable bonds is 4. The zero-order chi connectivity index (χ0) is 18.1. The summed E-state index contributed by atoms with van der Waals surface area (Å²) in [7, 11) is 1.68. The molecule has 1 aromatic carbocycles. The molecule has 1 N–H and O–H groups in total. The van der Waals surface area contributed by atoms with Crippen molar-refractivity contribution in [1.82, 2.24) is 9.55 Å². The molecule has 0 unspecified atom stereocenters. The van der Waals surface area contributed by atoms with E-state index in [0.717, 1.165) is 4.21 Å². The molecule has 3 rings (SSSR count). The summed E-state index contributed by atoms with van der Waals surface area (Å²) in [4.78, 5) is 29.3. The van der Waals surface area contributed by atoms with Crippen molar-refractivity contribution >= 4 is 56.5 Å². The van der Waals surface area contributed by atoms with Gasteiger partial charge in [0.15, 0.2) is 0 Å². The number of thiophene rings is 1. The normalized spacial score (nSPS) is 11.0. The molecule has 9 heteroatoms. The average molecular weight is 398 g/mol. The van der Waals surface area contributed by atoms with Crippen molar-refractivity contribution in [3.8, 4) is 0 Å². The van der Waals surface area contributed by atoms with Crippen molar-refractivity contribution in [2.75, 3.05) is 11.1 Å². The third-order valence-corrected chi connectivity index (χ3v) is 6.05. The summed E-state index contributed by atoms with van der Waals surface area (Å²) < 4.78 is 15.4. The van der Waals surface area contributed by atoms with E-state index in [9.17, 15) is 14.0 Å². The first-order valence-electron chi connectivity index (χ1n) is 7.20. The second kappa shape index (κ2) is 7.15. The fourth-order valence-electron chi connectivity index (χ4n) is 2.12. The number of hydrogen-bond donors (Lipinski definition) is 1. The van der Waals surface area contributed by atoms with Gasteiger partial charge in [0.25, 0.3) is 5.56 Å². The van der Waals surface area contributed by atoms with E-state index in [2.05, 4.69) is 10.3 Å². The molecule has 1 amide bonds. The summed E-state index contributed by atoms with van der Waals surface area (Å²) in [6.45, 7) is 1.77. The van der Waals surface area contributed by atoms with Gasteiger partial charge in [0.2, 0.25) is 5.91 Å². The van der Waals surface area contributed by atoms with Crippen molar-refractivity contribution in [2.45, 2.75) is 11.1 Å². The predicted octanol–water partition coefficient (Wildman–Crippen LogP) is 3.83. The Balaban J connectivity index is 1.69. The van der Waals surface area contributed by atoms with Gasteiger partial charge in [0, 0.05) is 12.7 Å². The molecule has 25 heavy (non-hydrogen) atoms. The van der Waals surface area contributed by atoms with Gasteiger partial charge in [-0.2, -0.15) is 0 Å². The Bertz CT molecular complexity index is 1030. The van der Waals surface area contributed by atoms with Crippen LogP contribution in [-0.4, -0.2) is 21.2 Å². The topological polar surface area (TPSA) is 64.0 Å². The fraction of sp³-hybridized carbons (Fsp3) is 0.188. The number of thioether (sulfide) groups is 1. The van der Waals surface area contributed by atoms with Crippen LogP contribution in [0, 0.1) is 12.7 Å². The highest BCUT2D eigenvalue weighted by atomic mass is 35.5. The Kier molecular flexibility index (Phi) is 5.12. The van der Waals surface area contributed by atoms with E-state index in [1.807, 2.05) is 0 Å². The van der Waals surface area contributed by atoms with Gasteiger partial charge in [-0.25, -0.2) is 9.37 Å². The summed E-state index contributed by atoms with van der Waals surface area (Å²) >= 11 is 8.37. The number of amides is 1. The van der Waals surface area contributed by atoms with E-state index in [0.29, 0.717) is 21.7 Å². The van der Waals surface area contributed by atoms with Crippen molar-refractivity contribution in [3.05, 3.63) is 51.3 Å². The van der Waals surface area contributed by atoms with Gasteiger partial charge in [-0.15, -0.1) is 23.1 Å². The van der Waals surface area contributed by atoms with E-state index >= 15 is 0 Å². The highest BCUT2D eigenvalue weighted by Crippen LogP contribution is 2.30. The number of nitrogens with one attached hydrogen (secondary N) is 1. The zero-order valence-corrected chi connectivity index (χ0v) is 15.7. The van der Waals surface area contributed by atoms with Crippen LogP contribution in [-0.2, 0) is 11.8 Å². The number of halogens is 2. The molecule has 0 aliphatic heterocycles. The van der Waals surface area contributed by atoms with Crippen LogP contribution in [0.25, 0.3) is 10.2 Å². The van der Waals surface area contributed by atoms with Gasteiger partial charge in [-0.1, -0.05) is 11.6 Å². The molecule has 0 bridgehead atoms. The first kappa shape index (κ1) is 17.9. The molecule has 0 radical (unpaired) electrons. The van der Waals surface area contributed by atoms with Crippen molar-refractivity contribution in [1.29, 1.82) is 0 Å². The van der Waals surface area contributed by atoms with Gasteiger partial charge in [0.05, 0.1) is 20.4 Å². The van der Waals surface area contributed by atoms with Gasteiger partial charge in [0.1, 0.15) is 16.5 Å². The number of carbonyl (C=O) groups is 1. The molecular formula is C16H13ClFN3O2S2. The lowest BCUT2D eigenvalue weighted by Crippen LogP contribution is -2.19. The molecule has 2 aromatic heterocycles. The minimum Gasteiger partial charge on any atom is -0.325 e. The molecule has 0 spiro atoms. The van der Waals surface area contributed by atoms with Gasteiger partial charge in [-0.05, 0) is 31.2 Å². The van der Waals surface area contributed by atoms with Crippen LogP contribution >= 0.6 is 34.7 Å². The molecule has 130 valence electrons. The minimum atomic E-state index is -0.538. The lowest BCUT2D eigenvalue weighted by atomic mass is 10.3.